The Morgan fingerprint density at radius 1 is 1.39 bits per heavy atom. The van der Waals surface area contributed by atoms with Crippen molar-refractivity contribution in [2.45, 2.75) is 13.0 Å². The van der Waals surface area contributed by atoms with E-state index in [0.29, 0.717) is 27.8 Å². The van der Waals surface area contributed by atoms with Crippen LogP contribution in [-0.4, -0.2) is 32.6 Å². The molecule has 1 rings (SSSR count). The summed E-state index contributed by atoms with van der Waals surface area (Å²) in [6.07, 6.45) is -0.0804. The van der Waals surface area contributed by atoms with Gasteiger partial charge in [-0.3, -0.25) is 4.79 Å². The quantitative estimate of drug-likeness (QED) is 0.615. The van der Waals surface area contributed by atoms with Crippen molar-refractivity contribution in [2.75, 3.05) is 14.2 Å². The Morgan fingerprint density at radius 3 is 2.56 bits per heavy atom. The molecule has 5 nitrogen and oxygen atoms in total. The van der Waals surface area contributed by atoms with Crippen LogP contribution < -0.4 is 9.47 Å². The number of carbonyl (C=O) groups is 2. The van der Waals surface area contributed by atoms with Gasteiger partial charge < -0.3 is 14.2 Å². The van der Waals surface area contributed by atoms with E-state index in [1.165, 1.54) is 20.3 Å². The molecule has 6 heteroatoms. The fraction of sp³-hybridized carbons (Fsp3) is 0.333. The van der Waals surface area contributed by atoms with Gasteiger partial charge in [-0.15, -0.1) is 0 Å². The van der Waals surface area contributed by atoms with Gasteiger partial charge in [0.2, 0.25) is 0 Å². The van der Waals surface area contributed by atoms with Gasteiger partial charge >= 0.3 is 5.97 Å². The Balaban J connectivity index is 3.08. The Labute approximate surface area is 113 Å². The summed E-state index contributed by atoms with van der Waals surface area (Å²) in [5, 5.41) is 0. The van der Waals surface area contributed by atoms with Gasteiger partial charge in [-0.05, 0) is 35.0 Å². The first kappa shape index (κ1) is 14.5. The van der Waals surface area contributed by atoms with E-state index in [-0.39, 0.29) is 0 Å². The van der Waals surface area contributed by atoms with Gasteiger partial charge in [-0.25, -0.2) is 4.79 Å². The summed E-state index contributed by atoms with van der Waals surface area (Å²) < 4.78 is 15.7. The van der Waals surface area contributed by atoms with Crippen LogP contribution in [0.15, 0.2) is 16.6 Å². The summed E-state index contributed by atoms with van der Waals surface area (Å²) in [7, 11) is 2.73. The van der Waals surface area contributed by atoms with Crippen LogP contribution in [0.25, 0.3) is 0 Å². The second kappa shape index (κ2) is 6.39. The van der Waals surface area contributed by atoms with Crippen molar-refractivity contribution >= 4 is 28.2 Å². The Hall–Kier alpha value is -1.56. The topological polar surface area (TPSA) is 61.8 Å². The molecular weight excluding hydrogens is 304 g/mol. The van der Waals surface area contributed by atoms with Crippen molar-refractivity contribution in [2.24, 2.45) is 0 Å². The number of rotatable bonds is 5. The summed E-state index contributed by atoms with van der Waals surface area (Å²) in [6, 6.07) is 3.10. The van der Waals surface area contributed by atoms with Crippen molar-refractivity contribution in [3.8, 4) is 11.5 Å². The number of benzene rings is 1. The second-order valence-electron chi connectivity index (χ2n) is 3.44. The van der Waals surface area contributed by atoms with Crippen LogP contribution in [0, 0.1) is 0 Å². The fourth-order valence-corrected chi connectivity index (χ4v) is 1.87. The molecule has 0 aromatic heterocycles. The highest BCUT2D eigenvalue weighted by molar-refractivity contribution is 9.10. The molecule has 0 saturated carbocycles. The van der Waals surface area contributed by atoms with Gasteiger partial charge in [0.1, 0.15) is 6.29 Å². The predicted octanol–water partition coefficient (Wildman–Crippen LogP) is 2.21. The number of carbonyl (C=O) groups excluding carboxylic acids is 2. The van der Waals surface area contributed by atoms with Crippen LogP contribution in [0.2, 0.25) is 0 Å². The summed E-state index contributed by atoms with van der Waals surface area (Å²) in [5.41, 5.74) is 0.441. The molecule has 1 aromatic carbocycles. The van der Waals surface area contributed by atoms with Crippen molar-refractivity contribution in [3.05, 3.63) is 22.2 Å². The smallest absolute Gasteiger partial charge is 0.346 e. The molecule has 0 N–H and O–H groups in total. The standard InChI is InChI=1S/C12H13BrO5/c1-7(12(15)17-3)18-11-9(13)4-8(6-14)5-10(11)16-2/h4-7H,1-3H3/t7-/m0/s1. The van der Waals surface area contributed by atoms with E-state index in [2.05, 4.69) is 20.7 Å². The first-order valence-corrected chi connectivity index (χ1v) is 5.90. The van der Waals surface area contributed by atoms with E-state index in [0.717, 1.165) is 0 Å². The summed E-state index contributed by atoms with van der Waals surface area (Å²) >= 11 is 3.26. The number of methoxy groups -OCH3 is 2. The third-order valence-electron chi connectivity index (χ3n) is 2.22. The Kier molecular flexibility index (Phi) is 5.15. The number of halogens is 1. The third kappa shape index (κ3) is 3.22. The average molecular weight is 317 g/mol. The second-order valence-corrected chi connectivity index (χ2v) is 4.29. The molecule has 0 aliphatic carbocycles. The van der Waals surface area contributed by atoms with Gasteiger partial charge in [0.05, 0.1) is 18.7 Å². The largest absolute Gasteiger partial charge is 0.493 e. The minimum absolute atomic E-state index is 0.348. The Bertz CT molecular complexity index is 458. The van der Waals surface area contributed by atoms with E-state index in [4.69, 9.17) is 9.47 Å². The highest BCUT2D eigenvalue weighted by Gasteiger charge is 2.19. The number of hydrogen-bond acceptors (Lipinski definition) is 5. The first-order valence-electron chi connectivity index (χ1n) is 5.10. The molecule has 0 unspecified atom stereocenters. The van der Waals surface area contributed by atoms with Crippen molar-refractivity contribution in [3.63, 3.8) is 0 Å². The van der Waals surface area contributed by atoms with E-state index < -0.39 is 12.1 Å². The van der Waals surface area contributed by atoms with Gasteiger partial charge in [0.15, 0.2) is 17.6 Å². The van der Waals surface area contributed by atoms with E-state index in [1.54, 1.807) is 13.0 Å². The lowest BCUT2D eigenvalue weighted by Gasteiger charge is -2.16. The first-order chi connectivity index (χ1) is 8.53. The highest BCUT2D eigenvalue weighted by atomic mass is 79.9. The molecule has 0 spiro atoms. The molecule has 0 saturated heterocycles. The van der Waals surface area contributed by atoms with E-state index in [9.17, 15) is 9.59 Å². The minimum atomic E-state index is -0.776. The monoisotopic (exact) mass is 316 g/mol. The molecule has 18 heavy (non-hydrogen) atoms. The zero-order valence-corrected chi connectivity index (χ0v) is 11.8. The van der Waals surface area contributed by atoms with Gasteiger partial charge in [-0.2, -0.15) is 0 Å². The molecule has 1 atom stereocenters. The number of esters is 1. The zero-order valence-electron chi connectivity index (χ0n) is 10.2. The van der Waals surface area contributed by atoms with E-state index >= 15 is 0 Å². The lowest BCUT2D eigenvalue weighted by molar-refractivity contribution is -0.147. The number of aldehydes is 1. The Morgan fingerprint density at radius 2 is 2.06 bits per heavy atom. The van der Waals surface area contributed by atoms with Crippen LogP contribution >= 0.6 is 15.9 Å². The summed E-state index contributed by atoms with van der Waals surface area (Å²) in [4.78, 5) is 22.0. The number of ether oxygens (including phenoxy) is 3. The number of hydrogen-bond donors (Lipinski definition) is 0. The van der Waals surface area contributed by atoms with Crippen LogP contribution in [-0.2, 0) is 9.53 Å². The summed E-state index contributed by atoms with van der Waals surface area (Å²) in [5.74, 6) is 0.214. The third-order valence-corrected chi connectivity index (χ3v) is 2.80. The molecule has 98 valence electrons. The van der Waals surface area contributed by atoms with Crippen molar-refractivity contribution in [1.29, 1.82) is 0 Å². The molecule has 1 aromatic rings. The molecule has 0 radical (unpaired) electrons. The maximum absolute atomic E-state index is 11.3. The highest BCUT2D eigenvalue weighted by Crippen LogP contribution is 2.37. The fourth-order valence-electron chi connectivity index (χ4n) is 1.31. The van der Waals surface area contributed by atoms with Gasteiger partial charge in [-0.1, -0.05) is 0 Å². The average Bonchev–Trinajstić information content (AvgIpc) is 2.39. The van der Waals surface area contributed by atoms with Gasteiger partial charge in [0, 0.05) is 5.56 Å². The zero-order chi connectivity index (χ0) is 13.7. The molecule has 0 aliphatic rings. The van der Waals surface area contributed by atoms with Crippen LogP contribution in [0.3, 0.4) is 0 Å². The molecule has 0 amide bonds. The molecule has 0 bridgehead atoms. The lowest BCUT2D eigenvalue weighted by atomic mass is 10.2. The maximum atomic E-state index is 11.3. The normalized spacial score (nSPS) is 11.6. The van der Waals surface area contributed by atoms with Crippen LogP contribution in [0.1, 0.15) is 17.3 Å². The minimum Gasteiger partial charge on any atom is -0.493 e. The predicted molar refractivity (Wildman–Crippen MR) is 68.2 cm³/mol. The lowest BCUT2D eigenvalue weighted by Crippen LogP contribution is -2.25. The van der Waals surface area contributed by atoms with Crippen LogP contribution in [0.4, 0.5) is 0 Å². The van der Waals surface area contributed by atoms with Gasteiger partial charge in [0.25, 0.3) is 0 Å². The van der Waals surface area contributed by atoms with Crippen molar-refractivity contribution in [1.82, 2.24) is 0 Å². The van der Waals surface area contributed by atoms with Crippen LogP contribution in [0.5, 0.6) is 11.5 Å². The van der Waals surface area contributed by atoms with Crippen molar-refractivity contribution < 1.29 is 23.8 Å². The van der Waals surface area contributed by atoms with E-state index in [1.807, 2.05) is 0 Å². The molecule has 0 aliphatic heterocycles. The summed E-state index contributed by atoms with van der Waals surface area (Å²) in [6.45, 7) is 1.56. The maximum Gasteiger partial charge on any atom is 0.346 e. The molecular formula is C12H13BrO5. The SMILES string of the molecule is COC(=O)[C@H](C)Oc1c(Br)cc(C=O)cc1OC. The molecule has 0 heterocycles. The molecule has 0 fully saturated rings.